The van der Waals surface area contributed by atoms with Crippen LogP contribution in [0.1, 0.15) is 6.42 Å². The third kappa shape index (κ3) is 5.67. The van der Waals surface area contributed by atoms with Crippen LogP contribution in [0, 0.1) is 0 Å². The molecule has 1 aromatic carbocycles. The first-order valence-electron chi connectivity index (χ1n) is 7.45. The maximum atomic E-state index is 12.0. The first-order chi connectivity index (χ1) is 10.7. The van der Waals surface area contributed by atoms with Gasteiger partial charge in [-0.15, -0.1) is 0 Å². The molecule has 1 aromatic rings. The molecule has 23 heavy (non-hydrogen) atoms. The normalized spacial score (nSPS) is 16.4. The lowest BCUT2D eigenvalue weighted by Gasteiger charge is -2.35. The molecule has 1 aliphatic heterocycles. The van der Waals surface area contributed by atoms with E-state index < -0.39 is 9.84 Å². The van der Waals surface area contributed by atoms with E-state index in [4.69, 9.17) is 11.6 Å². The summed E-state index contributed by atoms with van der Waals surface area (Å²) in [5.41, 5.74) is 1.54. The van der Waals surface area contributed by atoms with Gasteiger partial charge in [-0.3, -0.25) is 4.79 Å². The molecule has 1 N–H and O–H groups in total. The molecule has 8 heteroatoms. The van der Waals surface area contributed by atoms with E-state index in [1.807, 2.05) is 6.07 Å². The highest BCUT2D eigenvalue weighted by molar-refractivity contribution is 7.90. The monoisotopic (exact) mass is 359 g/mol. The Balaban J connectivity index is 2.11. The number of hydrogen-bond donors (Lipinski definition) is 1. The van der Waals surface area contributed by atoms with Gasteiger partial charge in [0.15, 0.2) is 0 Å². The number of nitrogens with zero attached hydrogens (tertiary/aromatic N) is 2. The number of carbonyl (C=O) groups excluding carboxylic acids is 1. The van der Waals surface area contributed by atoms with Gasteiger partial charge in [0.05, 0.1) is 17.1 Å². The van der Waals surface area contributed by atoms with Crippen molar-refractivity contribution in [3.05, 3.63) is 23.2 Å². The van der Waals surface area contributed by atoms with Crippen LogP contribution in [0.3, 0.4) is 0 Å². The molecule has 0 aromatic heterocycles. The number of halogens is 1. The molecule has 0 aliphatic carbocycles. The lowest BCUT2D eigenvalue weighted by Crippen LogP contribution is -2.44. The second kappa shape index (κ2) is 7.51. The number of amides is 1. The van der Waals surface area contributed by atoms with Crippen LogP contribution in [0.4, 0.5) is 11.4 Å². The first-order valence-corrected chi connectivity index (χ1v) is 9.89. The van der Waals surface area contributed by atoms with E-state index in [1.165, 1.54) is 0 Å². The highest BCUT2D eigenvalue weighted by Crippen LogP contribution is 2.30. The van der Waals surface area contributed by atoms with Gasteiger partial charge in [0, 0.05) is 43.9 Å². The summed E-state index contributed by atoms with van der Waals surface area (Å²) in [6.45, 7) is 3.63. The van der Waals surface area contributed by atoms with Gasteiger partial charge in [0.1, 0.15) is 9.84 Å². The number of sulfone groups is 1. The fraction of sp³-hybridized carbons (Fsp3) is 0.533. The summed E-state index contributed by atoms with van der Waals surface area (Å²) in [5, 5.41) is 3.32. The molecular formula is C15H22ClN3O3S. The Labute approximate surface area is 142 Å². The summed E-state index contributed by atoms with van der Waals surface area (Å²) in [6.07, 6.45) is 1.06. The Morgan fingerprint density at radius 1 is 1.26 bits per heavy atom. The van der Waals surface area contributed by atoms with Crippen LogP contribution in [0.5, 0.6) is 0 Å². The van der Waals surface area contributed by atoms with Crippen LogP contribution in [0.15, 0.2) is 18.2 Å². The summed E-state index contributed by atoms with van der Waals surface area (Å²) in [7, 11) is -1.08. The molecule has 0 spiro atoms. The summed E-state index contributed by atoms with van der Waals surface area (Å²) in [6, 6.07) is 5.38. The molecule has 128 valence electrons. The van der Waals surface area contributed by atoms with Crippen LogP contribution >= 0.6 is 11.6 Å². The van der Waals surface area contributed by atoms with Gasteiger partial charge >= 0.3 is 0 Å². The van der Waals surface area contributed by atoms with Gasteiger partial charge < -0.3 is 15.1 Å². The topological polar surface area (TPSA) is 69.7 Å². The molecule has 0 unspecified atom stereocenters. The van der Waals surface area contributed by atoms with Crippen molar-refractivity contribution in [2.24, 2.45) is 0 Å². The minimum absolute atomic E-state index is 0.0620. The molecular weight excluding hydrogens is 338 g/mol. The van der Waals surface area contributed by atoms with Crippen molar-refractivity contribution >= 4 is 38.7 Å². The minimum atomic E-state index is -3.16. The highest BCUT2D eigenvalue weighted by atomic mass is 35.5. The van der Waals surface area contributed by atoms with Crippen LogP contribution in [-0.4, -0.2) is 64.5 Å². The SMILES string of the molecule is CN1CCN(c2ccc(Cl)cc2NC(=O)CCS(C)(=O)=O)CC1. The van der Waals surface area contributed by atoms with E-state index in [9.17, 15) is 13.2 Å². The molecule has 1 saturated heterocycles. The van der Waals surface area contributed by atoms with Crippen molar-refractivity contribution in [2.75, 3.05) is 55.5 Å². The summed E-state index contributed by atoms with van der Waals surface area (Å²) in [5.74, 6) is -0.489. The Morgan fingerprint density at radius 2 is 1.91 bits per heavy atom. The molecule has 0 saturated carbocycles. The number of rotatable bonds is 5. The number of benzene rings is 1. The van der Waals surface area contributed by atoms with Crippen LogP contribution in [0.25, 0.3) is 0 Å². The summed E-state index contributed by atoms with van der Waals surface area (Å²) < 4.78 is 22.3. The lowest BCUT2D eigenvalue weighted by molar-refractivity contribution is -0.115. The summed E-state index contributed by atoms with van der Waals surface area (Å²) in [4.78, 5) is 16.5. The van der Waals surface area contributed by atoms with Gasteiger partial charge in [-0.25, -0.2) is 8.42 Å². The average Bonchev–Trinajstić information content (AvgIpc) is 2.46. The largest absolute Gasteiger partial charge is 0.367 e. The molecule has 0 bridgehead atoms. The van der Waals surface area contributed by atoms with E-state index in [2.05, 4.69) is 22.2 Å². The molecule has 1 amide bonds. The van der Waals surface area contributed by atoms with Gasteiger partial charge in [-0.2, -0.15) is 0 Å². The number of hydrogen-bond acceptors (Lipinski definition) is 5. The second-order valence-electron chi connectivity index (χ2n) is 5.88. The predicted octanol–water partition coefficient (Wildman–Crippen LogP) is 1.47. The fourth-order valence-corrected chi connectivity index (χ4v) is 3.15. The molecule has 0 atom stereocenters. The van der Waals surface area contributed by atoms with Gasteiger partial charge in [0.2, 0.25) is 5.91 Å². The van der Waals surface area contributed by atoms with Crippen molar-refractivity contribution < 1.29 is 13.2 Å². The van der Waals surface area contributed by atoms with E-state index in [0.29, 0.717) is 10.7 Å². The Morgan fingerprint density at radius 3 is 2.52 bits per heavy atom. The molecule has 6 nitrogen and oxygen atoms in total. The third-order valence-electron chi connectivity index (χ3n) is 3.78. The minimum Gasteiger partial charge on any atom is -0.367 e. The van der Waals surface area contributed by atoms with Crippen molar-refractivity contribution in [2.45, 2.75) is 6.42 Å². The van der Waals surface area contributed by atoms with Gasteiger partial charge in [0.25, 0.3) is 0 Å². The summed E-state index contributed by atoms with van der Waals surface area (Å²) >= 11 is 6.04. The lowest BCUT2D eigenvalue weighted by atomic mass is 10.2. The van der Waals surface area contributed by atoms with Crippen LogP contribution in [0.2, 0.25) is 5.02 Å². The number of nitrogens with one attached hydrogen (secondary N) is 1. The fourth-order valence-electron chi connectivity index (χ4n) is 2.42. The number of likely N-dealkylation sites (N-methyl/N-ethyl adjacent to an activating group) is 1. The predicted molar refractivity (Wildman–Crippen MR) is 94.1 cm³/mol. The molecule has 1 aliphatic rings. The zero-order valence-corrected chi connectivity index (χ0v) is 15.0. The van der Waals surface area contributed by atoms with Crippen molar-refractivity contribution in [1.29, 1.82) is 0 Å². The number of anilines is 2. The van der Waals surface area contributed by atoms with Crippen LogP contribution < -0.4 is 10.2 Å². The van der Waals surface area contributed by atoms with E-state index in [1.54, 1.807) is 12.1 Å². The standard InChI is InChI=1S/C15H22ClN3O3S/c1-18-6-8-19(9-7-18)14-4-3-12(16)11-13(14)17-15(20)5-10-23(2,21)22/h3-4,11H,5-10H2,1-2H3,(H,17,20). The number of piperazine rings is 1. The maximum Gasteiger partial charge on any atom is 0.225 e. The van der Waals surface area contributed by atoms with Gasteiger partial charge in [-0.05, 0) is 25.2 Å². The second-order valence-corrected chi connectivity index (χ2v) is 8.58. The third-order valence-corrected chi connectivity index (χ3v) is 4.96. The van der Waals surface area contributed by atoms with E-state index in [-0.39, 0.29) is 18.1 Å². The maximum absolute atomic E-state index is 12.0. The smallest absolute Gasteiger partial charge is 0.225 e. The van der Waals surface area contributed by atoms with Crippen molar-refractivity contribution in [1.82, 2.24) is 4.90 Å². The average molecular weight is 360 g/mol. The van der Waals surface area contributed by atoms with Crippen molar-refractivity contribution in [3.63, 3.8) is 0 Å². The highest BCUT2D eigenvalue weighted by Gasteiger charge is 2.18. The quantitative estimate of drug-likeness (QED) is 0.862. The Hall–Kier alpha value is -1.31. The van der Waals surface area contributed by atoms with Gasteiger partial charge in [-0.1, -0.05) is 11.6 Å². The molecule has 0 radical (unpaired) electrons. The van der Waals surface area contributed by atoms with E-state index in [0.717, 1.165) is 38.1 Å². The van der Waals surface area contributed by atoms with E-state index >= 15 is 0 Å². The zero-order valence-electron chi connectivity index (χ0n) is 13.4. The zero-order chi connectivity index (χ0) is 17.0. The Bertz CT molecular complexity index is 671. The molecule has 1 heterocycles. The molecule has 2 rings (SSSR count). The van der Waals surface area contributed by atoms with Crippen molar-refractivity contribution in [3.8, 4) is 0 Å². The number of carbonyl (C=O) groups is 1. The molecule has 1 fully saturated rings. The first kappa shape index (κ1) is 18.0. The Kier molecular flexibility index (Phi) is 5.89. The van der Waals surface area contributed by atoms with Crippen LogP contribution in [-0.2, 0) is 14.6 Å².